The molecule has 0 saturated carbocycles. The first kappa shape index (κ1) is 23.8. The van der Waals surface area contributed by atoms with Crippen LogP contribution < -0.4 is 10.2 Å². The number of nitrogens with one attached hydrogen (secondary N) is 1. The maximum Gasteiger partial charge on any atom is 0.326 e. The summed E-state index contributed by atoms with van der Waals surface area (Å²) in [6.45, 7) is 0.987. The van der Waals surface area contributed by atoms with Gasteiger partial charge in [-0.15, -0.1) is 0 Å². The van der Waals surface area contributed by atoms with Gasteiger partial charge in [0.1, 0.15) is 17.6 Å². The number of carboxylic acid groups (broad SMARTS) is 1. The first-order chi connectivity index (χ1) is 17.0. The highest BCUT2D eigenvalue weighted by molar-refractivity contribution is 5.96. The standard InChI is InChI=1S/C28H25FN2O4/c29-23-12-14-24(15-13-23)31(19-25-7-4-16-35-25)18-21-8-10-22(11-9-21)27(32)30-26(28(33)34)17-20-5-2-1-3-6-20/h1-16,26H,17-19H2,(H,30,32)(H,33,34). The minimum absolute atomic E-state index is 0.194. The van der Waals surface area contributed by atoms with Gasteiger partial charge in [-0.25, -0.2) is 9.18 Å². The molecule has 0 saturated heterocycles. The van der Waals surface area contributed by atoms with E-state index in [1.54, 1.807) is 30.5 Å². The lowest BCUT2D eigenvalue weighted by molar-refractivity contribution is -0.139. The largest absolute Gasteiger partial charge is 0.480 e. The molecule has 0 aliphatic rings. The average molecular weight is 473 g/mol. The summed E-state index contributed by atoms with van der Waals surface area (Å²) < 4.78 is 18.9. The van der Waals surface area contributed by atoms with Crippen LogP contribution in [-0.4, -0.2) is 23.0 Å². The highest BCUT2D eigenvalue weighted by Gasteiger charge is 2.21. The fraction of sp³-hybridized carbons (Fsp3) is 0.143. The smallest absolute Gasteiger partial charge is 0.326 e. The topological polar surface area (TPSA) is 82.8 Å². The van der Waals surface area contributed by atoms with Gasteiger partial charge in [0.25, 0.3) is 5.91 Å². The summed E-state index contributed by atoms with van der Waals surface area (Å²) >= 11 is 0. The highest BCUT2D eigenvalue weighted by Crippen LogP contribution is 2.21. The Kier molecular flexibility index (Phi) is 7.57. The average Bonchev–Trinajstić information content (AvgIpc) is 3.38. The second-order valence-electron chi connectivity index (χ2n) is 8.16. The fourth-order valence-electron chi connectivity index (χ4n) is 3.75. The number of rotatable bonds is 10. The van der Waals surface area contributed by atoms with Crippen LogP contribution in [-0.2, 0) is 24.3 Å². The Hall–Kier alpha value is -4.39. The molecule has 2 N–H and O–H groups in total. The molecule has 1 atom stereocenters. The fourth-order valence-corrected chi connectivity index (χ4v) is 3.75. The van der Waals surface area contributed by atoms with Crippen LogP contribution in [0.25, 0.3) is 0 Å². The number of furan rings is 1. The van der Waals surface area contributed by atoms with Gasteiger partial charge in [-0.05, 0) is 59.7 Å². The first-order valence-corrected chi connectivity index (χ1v) is 11.2. The van der Waals surface area contributed by atoms with E-state index in [1.165, 1.54) is 12.1 Å². The minimum Gasteiger partial charge on any atom is -0.480 e. The Morgan fingerprint density at radius 2 is 1.57 bits per heavy atom. The van der Waals surface area contributed by atoms with Crippen LogP contribution >= 0.6 is 0 Å². The SMILES string of the molecule is O=C(NC(Cc1ccccc1)C(=O)O)c1ccc(CN(Cc2ccco2)c2ccc(F)cc2)cc1. The molecule has 0 spiro atoms. The zero-order valence-corrected chi connectivity index (χ0v) is 18.9. The van der Waals surface area contributed by atoms with Gasteiger partial charge in [-0.1, -0.05) is 42.5 Å². The second kappa shape index (κ2) is 11.2. The molecule has 0 aliphatic heterocycles. The minimum atomic E-state index is -1.09. The number of halogens is 1. The van der Waals surface area contributed by atoms with E-state index in [0.29, 0.717) is 18.7 Å². The molecule has 3 aromatic carbocycles. The van der Waals surface area contributed by atoms with E-state index in [9.17, 15) is 19.1 Å². The van der Waals surface area contributed by atoms with Crippen molar-refractivity contribution in [3.63, 3.8) is 0 Å². The molecule has 7 heteroatoms. The van der Waals surface area contributed by atoms with Gasteiger partial charge < -0.3 is 19.7 Å². The molecule has 0 fully saturated rings. The van der Waals surface area contributed by atoms with Gasteiger partial charge in [0.15, 0.2) is 0 Å². The van der Waals surface area contributed by atoms with Crippen molar-refractivity contribution in [1.82, 2.24) is 5.32 Å². The zero-order valence-electron chi connectivity index (χ0n) is 18.9. The highest BCUT2D eigenvalue weighted by atomic mass is 19.1. The number of anilines is 1. The lowest BCUT2D eigenvalue weighted by atomic mass is 10.0. The van der Waals surface area contributed by atoms with Crippen molar-refractivity contribution in [2.45, 2.75) is 25.6 Å². The Balaban J connectivity index is 1.44. The van der Waals surface area contributed by atoms with Gasteiger partial charge >= 0.3 is 5.97 Å². The van der Waals surface area contributed by atoms with Gasteiger partial charge in [-0.3, -0.25) is 4.79 Å². The van der Waals surface area contributed by atoms with E-state index >= 15 is 0 Å². The van der Waals surface area contributed by atoms with Crippen LogP contribution in [0.2, 0.25) is 0 Å². The van der Waals surface area contributed by atoms with Crippen LogP contribution in [0, 0.1) is 5.82 Å². The van der Waals surface area contributed by atoms with E-state index in [2.05, 4.69) is 5.32 Å². The molecule has 0 radical (unpaired) electrons. The Labute approximate surface area is 202 Å². The van der Waals surface area contributed by atoms with Crippen molar-refractivity contribution in [3.05, 3.63) is 126 Å². The van der Waals surface area contributed by atoms with E-state index in [-0.39, 0.29) is 12.2 Å². The Morgan fingerprint density at radius 3 is 2.20 bits per heavy atom. The van der Waals surface area contributed by atoms with E-state index < -0.39 is 17.9 Å². The van der Waals surface area contributed by atoms with Crippen molar-refractivity contribution in [3.8, 4) is 0 Å². The van der Waals surface area contributed by atoms with Gasteiger partial charge in [0.05, 0.1) is 12.8 Å². The monoisotopic (exact) mass is 472 g/mol. The molecule has 4 aromatic rings. The third kappa shape index (κ3) is 6.57. The third-order valence-corrected chi connectivity index (χ3v) is 5.59. The number of carbonyl (C=O) groups excluding carboxylic acids is 1. The molecule has 1 heterocycles. The van der Waals surface area contributed by atoms with Crippen LogP contribution in [0.4, 0.5) is 10.1 Å². The van der Waals surface area contributed by atoms with Gasteiger partial charge in [0, 0.05) is 24.2 Å². The summed E-state index contributed by atoms with van der Waals surface area (Å²) in [6, 6.07) is 25.0. The molecule has 1 unspecified atom stereocenters. The van der Waals surface area contributed by atoms with Crippen molar-refractivity contribution in [1.29, 1.82) is 0 Å². The van der Waals surface area contributed by atoms with Gasteiger partial charge in [-0.2, -0.15) is 0 Å². The molecule has 1 amide bonds. The summed E-state index contributed by atoms with van der Waals surface area (Å²) in [6.07, 6.45) is 1.80. The van der Waals surface area contributed by atoms with Crippen LogP contribution in [0.3, 0.4) is 0 Å². The molecule has 6 nitrogen and oxygen atoms in total. The number of hydrogen-bond acceptors (Lipinski definition) is 4. The molecular formula is C28H25FN2O4. The lowest BCUT2D eigenvalue weighted by Crippen LogP contribution is -2.42. The van der Waals surface area contributed by atoms with Gasteiger partial charge in [0.2, 0.25) is 0 Å². The number of carbonyl (C=O) groups is 2. The van der Waals surface area contributed by atoms with Crippen LogP contribution in [0.1, 0.15) is 27.2 Å². The molecule has 1 aromatic heterocycles. The maximum absolute atomic E-state index is 13.4. The van der Waals surface area contributed by atoms with Crippen LogP contribution in [0.15, 0.2) is 102 Å². The Bertz CT molecular complexity index is 1240. The normalized spacial score (nSPS) is 11.6. The molecule has 178 valence electrons. The molecule has 0 bridgehead atoms. The number of amides is 1. The quantitative estimate of drug-likeness (QED) is 0.338. The van der Waals surface area contributed by atoms with E-state index in [1.807, 2.05) is 59.5 Å². The summed E-state index contributed by atoms with van der Waals surface area (Å²) in [7, 11) is 0. The number of aliphatic carboxylic acids is 1. The van der Waals surface area contributed by atoms with Crippen molar-refractivity contribution in [2.24, 2.45) is 0 Å². The summed E-state index contributed by atoms with van der Waals surface area (Å²) in [5.41, 5.74) is 2.95. The van der Waals surface area contributed by atoms with E-state index in [4.69, 9.17) is 4.42 Å². The lowest BCUT2D eigenvalue weighted by Gasteiger charge is -2.24. The zero-order chi connectivity index (χ0) is 24.6. The molecule has 4 rings (SSSR count). The summed E-state index contributed by atoms with van der Waals surface area (Å²) in [4.78, 5) is 26.4. The summed E-state index contributed by atoms with van der Waals surface area (Å²) in [5, 5.41) is 12.2. The van der Waals surface area contributed by atoms with Crippen molar-refractivity contribution >= 4 is 17.6 Å². The predicted octanol–water partition coefficient (Wildman–Crippen LogP) is 5.05. The second-order valence-corrected chi connectivity index (χ2v) is 8.16. The number of carboxylic acids is 1. The molecule has 0 aliphatic carbocycles. The van der Waals surface area contributed by atoms with Crippen LogP contribution in [0.5, 0.6) is 0 Å². The van der Waals surface area contributed by atoms with Crippen molar-refractivity contribution < 1.29 is 23.5 Å². The number of benzene rings is 3. The summed E-state index contributed by atoms with van der Waals surface area (Å²) in [5.74, 6) is -1.09. The third-order valence-electron chi connectivity index (χ3n) is 5.59. The first-order valence-electron chi connectivity index (χ1n) is 11.2. The maximum atomic E-state index is 13.4. The number of hydrogen-bond donors (Lipinski definition) is 2. The molecule has 35 heavy (non-hydrogen) atoms. The van der Waals surface area contributed by atoms with E-state index in [0.717, 1.165) is 22.6 Å². The predicted molar refractivity (Wildman–Crippen MR) is 130 cm³/mol. The number of nitrogens with zero attached hydrogens (tertiary/aromatic N) is 1. The Morgan fingerprint density at radius 1 is 0.857 bits per heavy atom. The van der Waals surface area contributed by atoms with Crippen molar-refractivity contribution in [2.75, 3.05) is 4.90 Å². The molecular weight excluding hydrogens is 447 g/mol.